The zero-order valence-corrected chi connectivity index (χ0v) is 14.7. The summed E-state index contributed by atoms with van der Waals surface area (Å²) in [6.07, 6.45) is 4.71. The summed E-state index contributed by atoms with van der Waals surface area (Å²) in [4.78, 5) is 12.3. The van der Waals surface area contributed by atoms with Gasteiger partial charge in [0, 0.05) is 12.5 Å². The zero-order chi connectivity index (χ0) is 16.8. The van der Waals surface area contributed by atoms with E-state index >= 15 is 0 Å². The number of benzene rings is 1. The van der Waals surface area contributed by atoms with Crippen molar-refractivity contribution in [1.29, 1.82) is 0 Å². The van der Waals surface area contributed by atoms with Gasteiger partial charge in [0.2, 0.25) is 5.91 Å². The van der Waals surface area contributed by atoms with E-state index in [0.29, 0.717) is 30.7 Å². The van der Waals surface area contributed by atoms with E-state index in [1.165, 1.54) is 12.8 Å². The van der Waals surface area contributed by atoms with E-state index in [2.05, 4.69) is 19.2 Å². The molecule has 1 aromatic carbocycles. The van der Waals surface area contributed by atoms with Crippen molar-refractivity contribution in [2.45, 2.75) is 52.0 Å². The van der Waals surface area contributed by atoms with Crippen molar-refractivity contribution in [3.05, 3.63) is 23.8 Å². The average Bonchev–Trinajstić information content (AvgIpc) is 2.56. The zero-order valence-electron chi connectivity index (χ0n) is 14.7. The van der Waals surface area contributed by atoms with Crippen molar-refractivity contribution in [2.24, 2.45) is 11.8 Å². The third-order valence-electron chi connectivity index (χ3n) is 5.16. The van der Waals surface area contributed by atoms with Crippen molar-refractivity contribution in [3.8, 4) is 11.5 Å². The fourth-order valence-corrected chi connectivity index (χ4v) is 3.39. The molecule has 1 aromatic rings. The number of hydrogen-bond donors (Lipinski definition) is 1. The first kappa shape index (κ1) is 17.6. The summed E-state index contributed by atoms with van der Waals surface area (Å²) in [6, 6.07) is 6.01. The fraction of sp³-hybridized carbons (Fsp3) is 0.632. The first-order valence-corrected chi connectivity index (χ1v) is 8.55. The molecule has 1 amide bonds. The van der Waals surface area contributed by atoms with Crippen LogP contribution in [0.3, 0.4) is 0 Å². The van der Waals surface area contributed by atoms with E-state index in [1.54, 1.807) is 14.2 Å². The SMILES string of the molecule is COc1ccc(OC)c(CCC(=O)NC2CCCC(C)C2C)c1. The number of carbonyl (C=O) groups is 1. The Bertz CT molecular complexity index is 529. The van der Waals surface area contributed by atoms with Crippen LogP contribution in [0.5, 0.6) is 11.5 Å². The number of carbonyl (C=O) groups excluding carboxylic acids is 1. The standard InChI is InChI=1S/C19H29NO3/c1-13-6-5-7-17(14(13)2)20-19(21)11-8-15-12-16(22-3)9-10-18(15)23-4/h9-10,12-14,17H,5-8,11H2,1-4H3,(H,20,21). The van der Waals surface area contributed by atoms with Gasteiger partial charge in [-0.2, -0.15) is 0 Å². The monoisotopic (exact) mass is 319 g/mol. The highest BCUT2D eigenvalue weighted by Crippen LogP contribution is 2.30. The van der Waals surface area contributed by atoms with Crippen LogP contribution in [0.4, 0.5) is 0 Å². The summed E-state index contributed by atoms with van der Waals surface area (Å²) in [7, 11) is 3.29. The van der Waals surface area contributed by atoms with Crippen LogP contribution in [0, 0.1) is 11.8 Å². The third kappa shape index (κ3) is 4.63. The molecular weight excluding hydrogens is 290 g/mol. The summed E-state index contributed by atoms with van der Waals surface area (Å²) in [5.41, 5.74) is 1.01. The molecular formula is C19H29NO3. The molecule has 1 aliphatic carbocycles. The number of nitrogens with one attached hydrogen (secondary N) is 1. The molecule has 3 atom stereocenters. The molecule has 0 aliphatic heterocycles. The summed E-state index contributed by atoms with van der Waals surface area (Å²) < 4.78 is 10.6. The number of methoxy groups -OCH3 is 2. The predicted molar refractivity (Wildman–Crippen MR) is 92.0 cm³/mol. The molecule has 23 heavy (non-hydrogen) atoms. The lowest BCUT2D eigenvalue weighted by Crippen LogP contribution is -2.43. The summed E-state index contributed by atoms with van der Waals surface area (Å²) in [6.45, 7) is 4.53. The Hall–Kier alpha value is -1.71. The normalized spacial score (nSPS) is 24.1. The van der Waals surface area contributed by atoms with Gasteiger partial charge < -0.3 is 14.8 Å². The van der Waals surface area contributed by atoms with Gasteiger partial charge in [-0.15, -0.1) is 0 Å². The van der Waals surface area contributed by atoms with Crippen molar-refractivity contribution < 1.29 is 14.3 Å². The van der Waals surface area contributed by atoms with Gasteiger partial charge in [0.1, 0.15) is 11.5 Å². The molecule has 1 N–H and O–H groups in total. The number of ether oxygens (including phenoxy) is 2. The number of rotatable bonds is 6. The Morgan fingerprint density at radius 1 is 1.22 bits per heavy atom. The van der Waals surface area contributed by atoms with Gasteiger partial charge in [0.05, 0.1) is 14.2 Å². The van der Waals surface area contributed by atoms with Crippen molar-refractivity contribution >= 4 is 5.91 Å². The van der Waals surface area contributed by atoms with Crippen LogP contribution in [-0.2, 0) is 11.2 Å². The number of aryl methyl sites for hydroxylation is 1. The van der Waals surface area contributed by atoms with Crippen LogP contribution in [0.2, 0.25) is 0 Å². The smallest absolute Gasteiger partial charge is 0.220 e. The van der Waals surface area contributed by atoms with Crippen LogP contribution in [0.1, 0.15) is 45.1 Å². The van der Waals surface area contributed by atoms with Crippen molar-refractivity contribution in [1.82, 2.24) is 5.32 Å². The molecule has 1 saturated carbocycles. The van der Waals surface area contributed by atoms with E-state index in [9.17, 15) is 4.79 Å². The molecule has 0 saturated heterocycles. The Balaban J connectivity index is 1.91. The number of hydrogen-bond acceptors (Lipinski definition) is 3. The minimum atomic E-state index is 0.126. The van der Waals surface area contributed by atoms with Gasteiger partial charge in [-0.1, -0.05) is 26.7 Å². The van der Waals surface area contributed by atoms with Gasteiger partial charge in [0.15, 0.2) is 0 Å². The topological polar surface area (TPSA) is 47.6 Å². The Labute approximate surface area is 139 Å². The molecule has 1 fully saturated rings. The highest BCUT2D eigenvalue weighted by atomic mass is 16.5. The van der Waals surface area contributed by atoms with E-state index in [4.69, 9.17) is 9.47 Å². The third-order valence-corrected chi connectivity index (χ3v) is 5.16. The van der Waals surface area contributed by atoms with E-state index in [0.717, 1.165) is 23.5 Å². The fourth-order valence-electron chi connectivity index (χ4n) is 3.39. The predicted octanol–water partition coefficient (Wildman–Crippen LogP) is 3.58. The molecule has 0 heterocycles. The van der Waals surface area contributed by atoms with Gasteiger partial charge in [0.25, 0.3) is 0 Å². The van der Waals surface area contributed by atoms with Crippen LogP contribution < -0.4 is 14.8 Å². The van der Waals surface area contributed by atoms with Gasteiger partial charge >= 0.3 is 0 Å². The first-order chi connectivity index (χ1) is 11.0. The second kappa shape index (κ2) is 8.23. The molecule has 4 nitrogen and oxygen atoms in total. The Morgan fingerprint density at radius 3 is 2.70 bits per heavy atom. The van der Waals surface area contributed by atoms with Crippen LogP contribution >= 0.6 is 0 Å². The van der Waals surface area contributed by atoms with E-state index in [1.807, 2.05) is 18.2 Å². The summed E-state index contributed by atoms with van der Waals surface area (Å²) in [5.74, 6) is 2.96. The molecule has 0 spiro atoms. The molecule has 0 aromatic heterocycles. The molecule has 2 rings (SSSR count). The second-order valence-electron chi connectivity index (χ2n) is 6.62. The molecule has 0 radical (unpaired) electrons. The lowest BCUT2D eigenvalue weighted by Gasteiger charge is -2.34. The number of amides is 1. The first-order valence-electron chi connectivity index (χ1n) is 8.55. The average molecular weight is 319 g/mol. The summed E-state index contributed by atoms with van der Waals surface area (Å²) in [5, 5.41) is 3.22. The molecule has 3 unspecified atom stereocenters. The van der Waals surface area contributed by atoms with Crippen molar-refractivity contribution in [3.63, 3.8) is 0 Å². The van der Waals surface area contributed by atoms with Gasteiger partial charge in [-0.25, -0.2) is 0 Å². The minimum absolute atomic E-state index is 0.126. The lowest BCUT2D eigenvalue weighted by atomic mass is 9.78. The minimum Gasteiger partial charge on any atom is -0.497 e. The second-order valence-corrected chi connectivity index (χ2v) is 6.62. The molecule has 0 bridgehead atoms. The van der Waals surface area contributed by atoms with Gasteiger partial charge in [-0.3, -0.25) is 4.79 Å². The highest BCUT2D eigenvalue weighted by molar-refractivity contribution is 5.76. The van der Waals surface area contributed by atoms with Gasteiger partial charge in [-0.05, 0) is 48.4 Å². The van der Waals surface area contributed by atoms with E-state index in [-0.39, 0.29) is 5.91 Å². The molecule has 4 heteroatoms. The maximum absolute atomic E-state index is 12.3. The Morgan fingerprint density at radius 2 is 2.00 bits per heavy atom. The molecule has 128 valence electrons. The quantitative estimate of drug-likeness (QED) is 0.872. The van der Waals surface area contributed by atoms with Crippen LogP contribution in [-0.4, -0.2) is 26.2 Å². The Kier molecular flexibility index (Phi) is 6.31. The maximum atomic E-state index is 12.3. The highest BCUT2D eigenvalue weighted by Gasteiger charge is 2.27. The van der Waals surface area contributed by atoms with E-state index < -0.39 is 0 Å². The summed E-state index contributed by atoms with van der Waals surface area (Å²) >= 11 is 0. The van der Waals surface area contributed by atoms with Crippen LogP contribution in [0.25, 0.3) is 0 Å². The lowest BCUT2D eigenvalue weighted by molar-refractivity contribution is -0.122. The van der Waals surface area contributed by atoms with Crippen molar-refractivity contribution in [2.75, 3.05) is 14.2 Å². The maximum Gasteiger partial charge on any atom is 0.220 e. The van der Waals surface area contributed by atoms with Crippen LogP contribution in [0.15, 0.2) is 18.2 Å². The largest absolute Gasteiger partial charge is 0.497 e. The molecule has 1 aliphatic rings.